The number of β-amino-alcohol motifs (C(OH)–C–C–N with tert-alkyl or cyclic N) is 1. The molecule has 1 aliphatic rings. The average Bonchev–Trinajstić information content (AvgIpc) is 2.93. The summed E-state index contributed by atoms with van der Waals surface area (Å²) in [4.78, 5) is 23.0. The number of esters is 1. The van der Waals surface area contributed by atoms with E-state index in [1.54, 1.807) is 36.4 Å². The molecule has 1 fully saturated rings. The molecule has 154 valence electrons. The van der Waals surface area contributed by atoms with Crippen molar-refractivity contribution in [2.45, 2.75) is 19.2 Å². The number of ether oxygens (including phenoxy) is 1. The number of hydrogen-bond donors (Lipinski definition) is 3. The van der Waals surface area contributed by atoms with Crippen LogP contribution in [0, 0.1) is 0 Å². The topological polar surface area (TPSA) is 133 Å². The Morgan fingerprint density at radius 2 is 1.62 bits per heavy atom. The lowest BCUT2D eigenvalue weighted by atomic mass is 10.1. The van der Waals surface area contributed by atoms with Gasteiger partial charge in [0.2, 0.25) is 0 Å². The number of rotatable bonds is 7. The number of benzene rings is 2. The van der Waals surface area contributed by atoms with E-state index < -0.39 is 28.4 Å². The molecule has 1 atom stereocenters. The van der Waals surface area contributed by atoms with E-state index in [2.05, 4.69) is 4.72 Å². The number of nitrogens with zero attached hydrogens (tertiary/aromatic N) is 1. The molecule has 0 amide bonds. The van der Waals surface area contributed by atoms with Gasteiger partial charge in [0, 0.05) is 13.0 Å². The van der Waals surface area contributed by atoms with E-state index in [1.165, 1.54) is 12.1 Å². The van der Waals surface area contributed by atoms with Crippen LogP contribution in [0.3, 0.4) is 0 Å². The number of aliphatic hydroxyl groups is 1. The summed E-state index contributed by atoms with van der Waals surface area (Å²) in [6.07, 6.45) is -0.680. The minimum Gasteiger partial charge on any atom is -0.478 e. The van der Waals surface area contributed by atoms with Crippen LogP contribution in [0.5, 0.6) is 0 Å². The van der Waals surface area contributed by atoms with E-state index in [1.807, 2.05) is 0 Å². The third kappa shape index (κ3) is 5.39. The molecule has 10 heteroatoms. The number of carboxylic acid groups (broad SMARTS) is 1. The minimum atomic E-state index is -3.70. The molecule has 9 nitrogen and oxygen atoms in total. The number of carbonyl (C=O) groups is 2. The summed E-state index contributed by atoms with van der Waals surface area (Å²) in [5.41, 5.74) is 2.04. The van der Waals surface area contributed by atoms with E-state index >= 15 is 0 Å². The number of carboxylic acids is 1. The highest BCUT2D eigenvalue weighted by atomic mass is 32.2. The Kier molecular flexibility index (Phi) is 6.28. The van der Waals surface area contributed by atoms with Crippen LogP contribution in [-0.4, -0.2) is 54.3 Å². The summed E-state index contributed by atoms with van der Waals surface area (Å²) in [6.45, 7) is 0.177. The van der Waals surface area contributed by atoms with Crippen molar-refractivity contribution >= 4 is 22.1 Å². The third-order valence-electron chi connectivity index (χ3n) is 4.37. The minimum absolute atomic E-state index is 0.0421. The molecule has 0 spiro atoms. The van der Waals surface area contributed by atoms with Crippen molar-refractivity contribution in [1.29, 1.82) is 0 Å². The zero-order valence-electron chi connectivity index (χ0n) is 15.3. The number of carbonyl (C=O) groups excluding carboxylic acids is 1. The first-order valence-corrected chi connectivity index (χ1v) is 10.2. The fourth-order valence-electron chi connectivity index (χ4n) is 2.83. The van der Waals surface area contributed by atoms with Gasteiger partial charge in [-0.1, -0.05) is 24.3 Å². The Morgan fingerprint density at radius 3 is 2.17 bits per heavy atom. The standard InChI is InChI=1S/C19H20N2O7S/c22-17-12-21(29(26,27)20-17)11-14-3-7-16(8-4-14)19(25)28-10-9-13-1-5-15(6-2-13)18(23)24/h1-8,17,20,22H,9-12H2,(H,23,24). The molecule has 0 saturated carbocycles. The smallest absolute Gasteiger partial charge is 0.338 e. The largest absolute Gasteiger partial charge is 0.478 e. The molecular formula is C19H20N2O7S. The number of nitrogens with one attached hydrogen (secondary N) is 1. The molecule has 2 aromatic carbocycles. The van der Waals surface area contributed by atoms with E-state index in [4.69, 9.17) is 9.84 Å². The summed E-state index contributed by atoms with van der Waals surface area (Å²) < 4.78 is 32.0. The highest BCUT2D eigenvalue weighted by Gasteiger charge is 2.33. The molecule has 0 aromatic heterocycles. The summed E-state index contributed by atoms with van der Waals surface area (Å²) >= 11 is 0. The van der Waals surface area contributed by atoms with Crippen LogP contribution < -0.4 is 4.72 Å². The fourth-order valence-corrected chi connectivity index (χ4v) is 4.06. The van der Waals surface area contributed by atoms with Gasteiger partial charge in [0.25, 0.3) is 10.2 Å². The number of aromatic carboxylic acids is 1. The zero-order chi connectivity index (χ0) is 21.0. The summed E-state index contributed by atoms with van der Waals surface area (Å²) in [6, 6.07) is 12.7. The second-order valence-electron chi connectivity index (χ2n) is 6.52. The summed E-state index contributed by atoms with van der Waals surface area (Å²) in [7, 11) is -3.70. The normalized spacial score (nSPS) is 18.4. The predicted molar refractivity (Wildman–Crippen MR) is 102 cm³/mol. The van der Waals surface area contributed by atoms with Gasteiger partial charge in [-0.15, -0.1) is 0 Å². The van der Waals surface area contributed by atoms with Gasteiger partial charge < -0.3 is 14.9 Å². The molecule has 29 heavy (non-hydrogen) atoms. The second-order valence-corrected chi connectivity index (χ2v) is 8.22. The SMILES string of the molecule is O=C(O)c1ccc(CCOC(=O)c2ccc(CN3CC(O)NS3(=O)=O)cc2)cc1. The van der Waals surface area contributed by atoms with Crippen molar-refractivity contribution in [3.8, 4) is 0 Å². The van der Waals surface area contributed by atoms with Crippen molar-refractivity contribution in [2.24, 2.45) is 0 Å². The lowest BCUT2D eigenvalue weighted by molar-refractivity contribution is 0.0509. The maximum Gasteiger partial charge on any atom is 0.338 e. The van der Waals surface area contributed by atoms with E-state index in [0.717, 1.165) is 9.87 Å². The quantitative estimate of drug-likeness (QED) is 0.563. The fraction of sp³-hybridized carbons (Fsp3) is 0.263. The van der Waals surface area contributed by atoms with Gasteiger partial charge in [-0.2, -0.15) is 17.4 Å². The molecular weight excluding hydrogens is 400 g/mol. The number of aliphatic hydroxyl groups excluding tert-OH is 1. The molecule has 1 unspecified atom stereocenters. The van der Waals surface area contributed by atoms with Gasteiger partial charge in [0.15, 0.2) is 0 Å². The summed E-state index contributed by atoms with van der Waals surface area (Å²) in [5, 5.41) is 18.3. The van der Waals surface area contributed by atoms with Gasteiger partial charge in [0.1, 0.15) is 6.23 Å². The van der Waals surface area contributed by atoms with Crippen LogP contribution in [0.25, 0.3) is 0 Å². The van der Waals surface area contributed by atoms with Gasteiger partial charge >= 0.3 is 11.9 Å². The Balaban J connectivity index is 1.50. The molecule has 3 N–H and O–H groups in total. The second kappa shape index (κ2) is 8.70. The first-order chi connectivity index (χ1) is 13.7. The molecule has 0 aliphatic carbocycles. The van der Waals surface area contributed by atoms with Gasteiger partial charge in [-0.05, 0) is 35.4 Å². The first-order valence-electron chi connectivity index (χ1n) is 8.78. The molecule has 3 rings (SSSR count). The van der Waals surface area contributed by atoms with E-state index in [0.29, 0.717) is 17.5 Å². The van der Waals surface area contributed by atoms with E-state index in [9.17, 15) is 23.1 Å². The molecule has 0 radical (unpaired) electrons. The molecule has 0 bridgehead atoms. The van der Waals surface area contributed by atoms with Crippen LogP contribution >= 0.6 is 0 Å². The average molecular weight is 420 g/mol. The maximum absolute atomic E-state index is 12.1. The Labute approximate surface area is 167 Å². The number of hydrogen-bond acceptors (Lipinski definition) is 6. The first kappa shape index (κ1) is 20.9. The molecule has 1 heterocycles. The maximum atomic E-state index is 12.1. The van der Waals surface area contributed by atoms with Gasteiger partial charge in [-0.3, -0.25) is 0 Å². The lowest BCUT2D eigenvalue weighted by Crippen LogP contribution is -2.29. The van der Waals surface area contributed by atoms with Crippen LogP contribution in [0.2, 0.25) is 0 Å². The van der Waals surface area contributed by atoms with Crippen LogP contribution in [0.1, 0.15) is 31.8 Å². The van der Waals surface area contributed by atoms with Crippen molar-refractivity contribution in [3.05, 3.63) is 70.8 Å². The third-order valence-corrected chi connectivity index (χ3v) is 5.90. The monoisotopic (exact) mass is 420 g/mol. The van der Waals surface area contributed by atoms with Crippen LogP contribution in [0.15, 0.2) is 48.5 Å². The van der Waals surface area contributed by atoms with Gasteiger partial charge in [0.05, 0.1) is 24.3 Å². The van der Waals surface area contributed by atoms with Crippen molar-refractivity contribution < 1.29 is 33.0 Å². The predicted octanol–water partition coefficient (Wildman–Crippen LogP) is 0.753. The van der Waals surface area contributed by atoms with Gasteiger partial charge in [-0.25, -0.2) is 9.59 Å². The van der Waals surface area contributed by atoms with Crippen molar-refractivity contribution in [2.75, 3.05) is 13.2 Å². The molecule has 2 aromatic rings. The van der Waals surface area contributed by atoms with E-state index in [-0.39, 0.29) is 25.3 Å². The van der Waals surface area contributed by atoms with Crippen molar-refractivity contribution in [1.82, 2.24) is 9.03 Å². The molecule has 1 aliphatic heterocycles. The Morgan fingerprint density at radius 1 is 1.03 bits per heavy atom. The van der Waals surface area contributed by atoms with Crippen LogP contribution in [0.4, 0.5) is 0 Å². The Hall–Kier alpha value is -2.79. The summed E-state index contributed by atoms with van der Waals surface area (Å²) in [5.74, 6) is -1.51. The highest BCUT2D eigenvalue weighted by Crippen LogP contribution is 2.15. The Bertz CT molecular complexity index is 988. The van der Waals surface area contributed by atoms with Crippen molar-refractivity contribution in [3.63, 3.8) is 0 Å². The lowest BCUT2D eigenvalue weighted by Gasteiger charge is -2.13. The highest BCUT2D eigenvalue weighted by molar-refractivity contribution is 7.87. The zero-order valence-corrected chi connectivity index (χ0v) is 16.1. The molecule has 1 saturated heterocycles. The van der Waals surface area contributed by atoms with Crippen LogP contribution in [-0.2, 0) is 27.9 Å².